The topological polar surface area (TPSA) is 191 Å². The van der Waals surface area contributed by atoms with Gasteiger partial charge in [-0.25, -0.2) is 4.79 Å². The molecule has 3 atom stereocenters. The molecule has 0 saturated carbocycles. The van der Waals surface area contributed by atoms with Crippen molar-refractivity contribution in [2.45, 2.75) is 18.5 Å². The van der Waals surface area contributed by atoms with Crippen LogP contribution in [0.4, 0.5) is 0 Å². The number of aliphatic carboxylic acids is 1. The number of hydrogen-bond acceptors (Lipinski definition) is 11. The summed E-state index contributed by atoms with van der Waals surface area (Å²) in [5.41, 5.74) is 5.37. The Kier molecular flexibility index (Phi) is 18.7. The maximum atomic E-state index is 10.4. The summed E-state index contributed by atoms with van der Waals surface area (Å²) < 4.78 is 10.1. The number of nitrogens with two attached hydrogens (primary N) is 1. The van der Waals surface area contributed by atoms with Crippen molar-refractivity contribution in [1.29, 1.82) is 0 Å². The van der Waals surface area contributed by atoms with Crippen LogP contribution in [0.25, 0.3) is 0 Å². The Morgan fingerprint density at radius 3 is 1.96 bits per heavy atom. The third kappa shape index (κ3) is 17.2. The minimum absolute atomic E-state index is 0.111. The molecular weight excluding hydrogens is 374 g/mol. The molecule has 0 amide bonds. The number of rotatable bonds is 21. The number of carboxylic acid groups (broad SMARTS) is 1. The van der Waals surface area contributed by atoms with Crippen LogP contribution in [0.15, 0.2) is 0 Å². The second kappa shape index (κ2) is 19.4. The predicted octanol–water partition coefficient (Wildman–Crippen LogP) is -4.54. The molecule has 0 aliphatic carbocycles. The van der Waals surface area contributed by atoms with Crippen molar-refractivity contribution in [2.24, 2.45) is 5.73 Å². The molecule has 12 heteroatoms. The van der Waals surface area contributed by atoms with E-state index >= 15 is 0 Å². The quantitative estimate of drug-likeness (QED) is 0.0650. The van der Waals surface area contributed by atoms with Gasteiger partial charge in [-0.1, -0.05) is 0 Å². The van der Waals surface area contributed by atoms with E-state index in [1.165, 1.54) is 0 Å². The first-order chi connectivity index (χ1) is 13.5. The maximum Gasteiger partial charge on any atom is 0.329 e. The SMILES string of the molecule is NCCNCCNCCNCCNCC(O)OC(COCC(=O)O)C(O)CO. The first-order valence-electron chi connectivity index (χ1n) is 9.46. The van der Waals surface area contributed by atoms with Gasteiger partial charge in [0.15, 0.2) is 6.29 Å². The average Bonchev–Trinajstić information content (AvgIpc) is 2.67. The normalized spacial score (nSPS) is 14.7. The molecule has 168 valence electrons. The van der Waals surface area contributed by atoms with Gasteiger partial charge in [0.05, 0.1) is 13.2 Å². The fourth-order valence-corrected chi connectivity index (χ4v) is 2.10. The first kappa shape index (κ1) is 27.1. The summed E-state index contributed by atoms with van der Waals surface area (Å²) in [6, 6.07) is 0. The zero-order valence-corrected chi connectivity index (χ0v) is 16.3. The smallest absolute Gasteiger partial charge is 0.329 e. The van der Waals surface area contributed by atoms with Crippen LogP contribution in [0.5, 0.6) is 0 Å². The van der Waals surface area contributed by atoms with Crippen molar-refractivity contribution in [2.75, 3.05) is 78.7 Å². The standard InChI is InChI=1S/C16H37N5O7/c17-1-2-18-3-4-19-5-6-20-7-8-21-9-16(26)28-14(13(23)10-22)11-27-12-15(24)25/h13-14,16,18-23,26H,1-12,17H2,(H,24,25). The third-order valence-corrected chi connectivity index (χ3v) is 3.53. The van der Waals surface area contributed by atoms with E-state index < -0.39 is 37.7 Å². The lowest BCUT2D eigenvalue weighted by molar-refractivity contribution is -0.185. The summed E-state index contributed by atoms with van der Waals surface area (Å²) >= 11 is 0. The number of ether oxygens (including phenoxy) is 2. The summed E-state index contributed by atoms with van der Waals surface area (Å²) in [6.07, 6.45) is -3.56. The van der Waals surface area contributed by atoms with Crippen molar-refractivity contribution in [3.63, 3.8) is 0 Å². The minimum atomic E-state index is -1.29. The van der Waals surface area contributed by atoms with Gasteiger partial charge >= 0.3 is 5.97 Å². The van der Waals surface area contributed by atoms with Crippen molar-refractivity contribution < 1.29 is 34.7 Å². The zero-order chi connectivity index (χ0) is 21.0. The zero-order valence-electron chi connectivity index (χ0n) is 16.3. The number of hydrogen-bond donors (Lipinski definition) is 9. The van der Waals surface area contributed by atoms with Gasteiger partial charge in [0.25, 0.3) is 0 Å². The van der Waals surface area contributed by atoms with Crippen molar-refractivity contribution in [1.82, 2.24) is 21.3 Å². The highest BCUT2D eigenvalue weighted by Crippen LogP contribution is 2.03. The van der Waals surface area contributed by atoms with E-state index in [4.69, 9.17) is 25.4 Å². The highest BCUT2D eigenvalue weighted by molar-refractivity contribution is 5.67. The van der Waals surface area contributed by atoms with E-state index in [1.54, 1.807) is 0 Å². The highest BCUT2D eigenvalue weighted by Gasteiger charge is 2.23. The van der Waals surface area contributed by atoms with Gasteiger partial charge < -0.3 is 56.9 Å². The Bertz CT molecular complexity index is 368. The van der Waals surface area contributed by atoms with Gasteiger partial charge in [-0.05, 0) is 0 Å². The summed E-state index contributed by atoms with van der Waals surface area (Å²) in [7, 11) is 0. The summed E-state index contributed by atoms with van der Waals surface area (Å²) in [4.78, 5) is 10.4. The van der Waals surface area contributed by atoms with Crippen LogP contribution in [-0.4, -0.2) is 124 Å². The molecule has 12 nitrogen and oxygen atoms in total. The van der Waals surface area contributed by atoms with Gasteiger partial charge in [0.1, 0.15) is 18.8 Å². The van der Waals surface area contributed by atoms with Crippen LogP contribution in [0.1, 0.15) is 0 Å². The first-order valence-corrected chi connectivity index (χ1v) is 9.46. The molecule has 3 unspecified atom stereocenters. The minimum Gasteiger partial charge on any atom is -0.480 e. The van der Waals surface area contributed by atoms with Crippen LogP contribution in [0, 0.1) is 0 Å². The number of aliphatic hydroxyl groups excluding tert-OH is 3. The van der Waals surface area contributed by atoms with Crippen LogP contribution in [0.3, 0.4) is 0 Å². The highest BCUT2D eigenvalue weighted by atomic mass is 16.6. The predicted molar refractivity (Wildman–Crippen MR) is 103 cm³/mol. The molecule has 0 bridgehead atoms. The lowest BCUT2D eigenvalue weighted by Crippen LogP contribution is -2.43. The van der Waals surface area contributed by atoms with Gasteiger partial charge in [0.2, 0.25) is 0 Å². The van der Waals surface area contributed by atoms with E-state index in [9.17, 15) is 15.0 Å². The molecule has 0 spiro atoms. The van der Waals surface area contributed by atoms with E-state index in [0.29, 0.717) is 19.6 Å². The Balaban J connectivity index is 3.66. The molecule has 0 aromatic heterocycles. The molecule has 28 heavy (non-hydrogen) atoms. The lowest BCUT2D eigenvalue weighted by atomic mass is 10.2. The Morgan fingerprint density at radius 1 is 0.929 bits per heavy atom. The third-order valence-electron chi connectivity index (χ3n) is 3.53. The lowest BCUT2D eigenvalue weighted by Gasteiger charge is -2.24. The molecule has 10 N–H and O–H groups in total. The van der Waals surface area contributed by atoms with Crippen LogP contribution < -0.4 is 27.0 Å². The van der Waals surface area contributed by atoms with Crippen molar-refractivity contribution in [3.8, 4) is 0 Å². The Hall–Kier alpha value is -0.930. The largest absolute Gasteiger partial charge is 0.480 e. The van der Waals surface area contributed by atoms with Crippen LogP contribution in [0.2, 0.25) is 0 Å². The molecule has 0 aliphatic heterocycles. The molecule has 0 aliphatic rings. The fourth-order valence-electron chi connectivity index (χ4n) is 2.10. The van der Waals surface area contributed by atoms with Crippen molar-refractivity contribution >= 4 is 5.97 Å². The molecule has 0 aromatic rings. The van der Waals surface area contributed by atoms with Crippen LogP contribution >= 0.6 is 0 Å². The molecule has 0 fully saturated rings. The van der Waals surface area contributed by atoms with Crippen molar-refractivity contribution in [3.05, 3.63) is 0 Å². The summed E-state index contributed by atoms with van der Waals surface area (Å²) in [6.45, 7) is 4.85. The molecule has 0 heterocycles. The Labute approximate surface area is 165 Å². The number of carbonyl (C=O) groups is 1. The molecule has 0 rings (SSSR count). The second-order valence-electron chi connectivity index (χ2n) is 6.03. The van der Waals surface area contributed by atoms with E-state index in [1.807, 2.05) is 0 Å². The number of aliphatic hydroxyl groups is 3. The Morgan fingerprint density at radius 2 is 1.46 bits per heavy atom. The van der Waals surface area contributed by atoms with E-state index in [0.717, 1.165) is 32.7 Å². The monoisotopic (exact) mass is 411 g/mol. The second-order valence-corrected chi connectivity index (χ2v) is 6.03. The fraction of sp³-hybridized carbons (Fsp3) is 0.938. The maximum absolute atomic E-state index is 10.4. The summed E-state index contributed by atoms with van der Waals surface area (Å²) in [5.74, 6) is -1.16. The molecule has 0 aromatic carbocycles. The molecular formula is C16H37N5O7. The molecule has 0 saturated heterocycles. The molecule has 0 radical (unpaired) electrons. The van der Waals surface area contributed by atoms with E-state index in [-0.39, 0.29) is 13.2 Å². The van der Waals surface area contributed by atoms with E-state index in [2.05, 4.69) is 21.3 Å². The van der Waals surface area contributed by atoms with Gasteiger partial charge in [-0.3, -0.25) is 0 Å². The van der Waals surface area contributed by atoms with Gasteiger partial charge in [0, 0.05) is 58.9 Å². The summed E-state index contributed by atoms with van der Waals surface area (Å²) in [5, 5.41) is 49.7. The van der Waals surface area contributed by atoms with Gasteiger partial charge in [-0.2, -0.15) is 0 Å². The average molecular weight is 412 g/mol. The van der Waals surface area contributed by atoms with Crippen LogP contribution in [-0.2, 0) is 14.3 Å². The number of carboxylic acids is 1. The van der Waals surface area contributed by atoms with Gasteiger partial charge in [-0.15, -0.1) is 0 Å². The number of nitrogens with one attached hydrogen (secondary N) is 4.